The van der Waals surface area contributed by atoms with Crippen LogP contribution in [0, 0.1) is 6.92 Å². The van der Waals surface area contributed by atoms with Crippen molar-refractivity contribution < 1.29 is 31.1 Å². The molecule has 0 N–H and O–H groups in total. The number of carbonyl (C=O) groups excluding carboxylic acids is 1. The minimum absolute atomic E-state index is 0.0413. The Labute approximate surface area is 187 Å². The van der Waals surface area contributed by atoms with Crippen LogP contribution in [0.3, 0.4) is 0 Å². The van der Waals surface area contributed by atoms with Gasteiger partial charge in [-0.05, 0) is 48.9 Å². The molecule has 6 nitrogen and oxygen atoms in total. The van der Waals surface area contributed by atoms with Crippen molar-refractivity contribution in [1.29, 1.82) is 0 Å². The fourth-order valence-electron chi connectivity index (χ4n) is 3.34. The number of hydrogen-bond acceptors (Lipinski definition) is 6. The van der Waals surface area contributed by atoms with Gasteiger partial charge < -0.3 is 9.15 Å². The maximum atomic E-state index is 13.0. The third-order valence-corrected chi connectivity index (χ3v) is 6.36. The lowest BCUT2D eigenvalue weighted by Crippen LogP contribution is -2.13. The van der Waals surface area contributed by atoms with E-state index < -0.39 is 26.5 Å². The molecule has 0 spiro atoms. The maximum absolute atomic E-state index is 13.0. The zero-order chi connectivity index (χ0) is 23.8. The molecule has 3 aromatic carbocycles. The van der Waals surface area contributed by atoms with Gasteiger partial charge in [0.15, 0.2) is 0 Å². The Morgan fingerprint density at radius 1 is 0.970 bits per heavy atom. The van der Waals surface area contributed by atoms with E-state index in [0.29, 0.717) is 16.7 Å². The minimum atomic E-state index is -4.76. The molecule has 4 aromatic rings. The predicted molar refractivity (Wildman–Crippen MR) is 117 cm³/mol. The van der Waals surface area contributed by atoms with Gasteiger partial charge in [0, 0.05) is 6.07 Å². The standard InChI is InChI=1S/C24H16F2O6S/c1-14-21(15-5-3-2-4-6-15)22(27)19-12-9-17(13-20(19)31-14)32-23(28)16-7-10-18(11-8-16)33(29,30)24(25)26/h2-13,24H,1H3. The number of aryl methyl sites for hydroxylation is 1. The first-order valence-corrected chi connectivity index (χ1v) is 11.2. The molecule has 0 bridgehead atoms. The first kappa shape index (κ1) is 22.3. The van der Waals surface area contributed by atoms with Crippen LogP contribution in [0.15, 0.2) is 86.9 Å². The monoisotopic (exact) mass is 470 g/mol. The average molecular weight is 470 g/mol. The third kappa shape index (κ3) is 4.27. The van der Waals surface area contributed by atoms with Crippen LogP contribution >= 0.6 is 0 Å². The summed E-state index contributed by atoms with van der Waals surface area (Å²) in [4.78, 5) is 24.8. The number of fused-ring (bicyclic) bond motifs is 1. The van der Waals surface area contributed by atoms with E-state index in [0.717, 1.165) is 29.8 Å². The largest absolute Gasteiger partial charge is 0.460 e. The molecule has 168 valence electrons. The summed E-state index contributed by atoms with van der Waals surface area (Å²) in [5.74, 6) is -3.91. The highest BCUT2D eigenvalue weighted by atomic mass is 32.2. The summed E-state index contributed by atoms with van der Waals surface area (Å²) in [6.45, 7) is 1.66. The number of esters is 1. The van der Waals surface area contributed by atoms with Crippen molar-refractivity contribution in [1.82, 2.24) is 0 Å². The molecule has 0 unspecified atom stereocenters. The van der Waals surface area contributed by atoms with Crippen LogP contribution in [-0.2, 0) is 9.84 Å². The SMILES string of the molecule is Cc1oc2cc(OC(=O)c3ccc(S(=O)(=O)C(F)F)cc3)ccc2c(=O)c1-c1ccccc1. The number of ether oxygens (including phenoxy) is 1. The first-order chi connectivity index (χ1) is 15.7. The Kier molecular flexibility index (Phi) is 5.82. The van der Waals surface area contributed by atoms with Gasteiger partial charge >= 0.3 is 11.7 Å². The highest BCUT2D eigenvalue weighted by Crippen LogP contribution is 2.27. The second-order valence-corrected chi connectivity index (χ2v) is 9.02. The van der Waals surface area contributed by atoms with Gasteiger partial charge in [0.1, 0.15) is 17.1 Å². The number of carbonyl (C=O) groups is 1. The fraction of sp³-hybridized carbons (Fsp3) is 0.0833. The molecule has 1 aromatic heterocycles. The van der Waals surface area contributed by atoms with Gasteiger partial charge in [0.2, 0.25) is 15.3 Å². The number of hydrogen-bond donors (Lipinski definition) is 0. The molecule has 33 heavy (non-hydrogen) atoms. The van der Waals surface area contributed by atoms with Crippen molar-refractivity contribution in [3.8, 4) is 16.9 Å². The van der Waals surface area contributed by atoms with Crippen LogP contribution < -0.4 is 10.2 Å². The molecule has 0 amide bonds. The molecule has 0 radical (unpaired) electrons. The van der Waals surface area contributed by atoms with E-state index in [9.17, 15) is 26.8 Å². The van der Waals surface area contributed by atoms with Crippen LogP contribution in [0.4, 0.5) is 8.78 Å². The van der Waals surface area contributed by atoms with E-state index in [1.165, 1.54) is 18.2 Å². The van der Waals surface area contributed by atoms with Crippen LogP contribution in [0.25, 0.3) is 22.1 Å². The van der Waals surface area contributed by atoms with E-state index >= 15 is 0 Å². The molecule has 0 aliphatic rings. The molecule has 0 saturated heterocycles. The van der Waals surface area contributed by atoms with Gasteiger partial charge in [-0.15, -0.1) is 0 Å². The lowest BCUT2D eigenvalue weighted by atomic mass is 10.0. The van der Waals surface area contributed by atoms with Gasteiger partial charge in [-0.1, -0.05) is 30.3 Å². The lowest BCUT2D eigenvalue weighted by Gasteiger charge is -2.09. The van der Waals surface area contributed by atoms with E-state index in [-0.39, 0.29) is 22.3 Å². The van der Waals surface area contributed by atoms with Crippen molar-refractivity contribution in [3.05, 3.63) is 94.3 Å². The van der Waals surface area contributed by atoms with E-state index in [4.69, 9.17) is 9.15 Å². The molecule has 0 atom stereocenters. The van der Waals surface area contributed by atoms with Gasteiger partial charge in [-0.3, -0.25) is 4.79 Å². The van der Waals surface area contributed by atoms with Crippen molar-refractivity contribution in [2.24, 2.45) is 0 Å². The molecular formula is C24H16F2O6S. The third-order valence-electron chi connectivity index (χ3n) is 4.97. The number of benzene rings is 3. The van der Waals surface area contributed by atoms with Gasteiger partial charge in [-0.25, -0.2) is 13.2 Å². The van der Waals surface area contributed by atoms with E-state index in [2.05, 4.69) is 0 Å². The quantitative estimate of drug-likeness (QED) is 0.302. The Morgan fingerprint density at radius 2 is 1.64 bits per heavy atom. The summed E-state index contributed by atoms with van der Waals surface area (Å²) < 4.78 is 59.4. The molecule has 0 aliphatic carbocycles. The predicted octanol–water partition coefficient (Wildman–Crippen LogP) is 4.98. The zero-order valence-corrected chi connectivity index (χ0v) is 17.9. The zero-order valence-electron chi connectivity index (χ0n) is 17.1. The van der Waals surface area contributed by atoms with Crippen molar-refractivity contribution in [3.63, 3.8) is 0 Å². The summed E-state index contributed by atoms with van der Waals surface area (Å²) in [5.41, 5.74) is 1.11. The Morgan fingerprint density at radius 3 is 2.27 bits per heavy atom. The average Bonchev–Trinajstić information content (AvgIpc) is 2.79. The number of alkyl halides is 2. The second kappa shape index (κ2) is 8.59. The Bertz CT molecular complexity index is 1510. The van der Waals surface area contributed by atoms with Gasteiger partial charge in [0.25, 0.3) is 0 Å². The van der Waals surface area contributed by atoms with Crippen molar-refractivity contribution in [2.45, 2.75) is 17.6 Å². The van der Waals surface area contributed by atoms with E-state index in [1.807, 2.05) is 18.2 Å². The number of halogens is 2. The molecular weight excluding hydrogens is 454 g/mol. The highest BCUT2D eigenvalue weighted by molar-refractivity contribution is 7.91. The smallest absolute Gasteiger partial charge is 0.343 e. The lowest BCUT2D eigenvalue weighted by molar-refractivity contribution is 0.0735. The minimum Gasteiger partial charge on any atom is -0.460 e. The van der Waals surface area contributed by atoms with Crippen LogP contribution in [0.2, 0.25) is 0 Å². The molecule has 9 heteroatoms. The van der Waals surface area contributed by atoms with Crippen LogP contribution in [0.5, 0.6) is 5.75 Å². The second-order valence-electron chi connectivity index (χ2n) is 7.11. The Hall–Kier alpha value is -3.85. The van der Waals surface area contributed by atoms with Gasteiger partial charge in [-0.2, -0.15) is 8.78 Å². The highest BCUT2D eigenvalue weighted by Gasteiger charge is 2.26. The van der Waals surface area contributed by atoms with Crippen molar-refractivity contribution >= 4 is 26.8 Å². The summed E-state index contributed by atoms with van der Waals surface area (Å²) >= 11 is 0. The normalized spacial score (nSPS) is 11.6. The van der Waals surface area contributed by atoms with Crippen LogP contribution in [-0.4, -0.2) is 20.1 Å². The summed E-state index contributed by atoms with van der Waals surface area (Å²) in [7, 11) is -4.76. The number of sulfone groups is 1. The maximum Gasteiger partial charge on any atom is 0.343 e. The molecule has 0 fully saturated rings. The summed E-state index contributed by atoms with van der Waals surface area (Å²) in [6, 6.07) is 17.4. The molecule has 0 saturated carbocycles. The summed E-state index contributed by atoms with van der Waals surface area (Å²) in [6.07, 6.45) is 0. The number of rotatable bonds is 5. The molecule has 1 heterocycles. The van der Waals surface area contributed by atoms with Crippen molar-refractivity contribution in [2.75, 3.05) is 0 Å². The first-order valence-electron chi connectivity index (χ1n) is 9.65. The summed E-state index contributed by atoms with van der Waals surface area (Å²) in [5, 5.41) is 0.306. The fourth-order valence-corrected chi connectivity index (χ4v) is 4.06. The molecule has 4 rings (SSSR count). The Balaban J connectivity index is 1.62. The van der Waals surface area contributed by atoms with Gasteiger partial charge in [0.05, 0.1) is 21.4 Å². The topological polar surface area (TPSA) is 90.7 Å². The van der Waals surface area contributed by atoms with Crippen LogP contribution in [0.1, 0.15) is 16.1 Å². The van der Waals surface area contributed by atoms with E-state index in [1.54, 1.807) is 19.1 Å². The molecule has 0 aliphatic heterocycles.